The Kier molecular flexibility index (Phi) is 4.41. The molecule has 124 valence electrons. The van der Waals surface area contributed by atoms with Gasteiger partial charge < -0.3 is 19.1 Å². The molecule has 2 heterocycles. The quantitative estimate of drug-likeness (QED) is 0.800. The van der Waals surface area contributed by atoms with Crippen LogP contribution in [0.15, 0.2) is 18.2 Å². The Labute approximate surface area is 135 Å². The van der Waals surface area contributed by atoms with Gasteiger partial charge >= 0.3 is 5.97 Å². The average Bonchev–Trinajstić information content (AvgIpc) is 3.00. The molecule has 0 unspecified atom stereocenters. The molecule has 0 N–H and O–H groups in total. The number of likely N-dealkylation sites (tertiary alicyclic amines) is 1. The Morgan fingerprint density at radius 3 is 2.61 bits per heavy atom. The van der Waals surface area contributed by atoms with Crippen LogP contribution >= 0.6 is 0 Å². The molecular weight excluding hydrogens is 298 g/mol. The summed E-state index contributed by atoms with van der Waals surface area (Å²) >= 11 is 0. The van der Waals surface area contributed by atoms with Crippen molar-refractivity contribution >= 4 is 11.9 Å². The molecule has 0 saturated carbocycles. The van der Waals surface area contributed by atoms with Crippen LogP contribution < -0.4 is 9.47 Å². The molecule has 6 nitrogen and oxygen atoms in total. The number of nitrogens with zero attached hydrogens (tertiary/aromatic N) is 1. The van der Waals surface area contributed by atoms with Crippen molar-refractivity contribution in [1.29, 1.82) is 0 Å². The van der Waals surface area contributed by atoms with Crippen molar-refractivity contribution in [3.05, 3.63) is 23.8 Å². The molecule has 2 aliphatic heterocycles. The minimum absolute atomic E-state index is 0.140. The lowest BCUT2D eigenvalue weighted by atomic mass is 9.97. The molecule has 6 heteroatoms. The number of amides is 1. The fraction of sp³-hybridized carbons (Fsp3) is 0.529. The van der Waals surface area contributed by atoms with E-state index in [2.05, 4.69) is 0 Å². The average molecular weight is 319 g/mol. The van der Waals surface area contributed by atoms with E-state index < -0.39 is 5.97 Å². The van der Waals surface area contributed by atoms with Crippen molar-refractivity contribution in [2.24, 2.45) is 0 Å². The number of esters is 1. The van der Waals surface area contributed by atoms with Crippen LogP contribution in [0.25, 0.3) is 0 Å². The summed E-state index contributed by atoms with van der Waals surface area (Å²) in [6.07, 6.45) is 3.11. The molecular formula is C17H21NO5. The minimum atomic E-state index is -0.533. The van der Waals surface area contributed by atoms with Gasteiger partial charge in [0.15, 0.2) is 18.1 Å². The second-order valence-corrected chi connectivity index (χ2v) is 6.07. The van der Waals surface area contributed by atoms with Crippen molar-refractivity contribution in [2.45, 2.75) is 45.2 Å². The topological polar surface area (TPSA) is 65.1 Å². The maximum atomic E-state index is 12.3. The van der Waals surface area contributed by atoms with Gasteiger partial charge in [0.05, 0.1) is 5.56 Å². The van der Waals surface area contributed by atoms with E-state index in [4.69, 9.17) is 14.2 Å². The predicted octanol–water partition coefficient (Wildman–Crippen LogP) is 2.36. The van der Waals surface area contributed by atoms with Gasteiger partial charge in [-0.2, -0.15) is 0 Å². The summed E-state index contributed by atoms with van der Waals surface area (Å²) in [5, 5.41) is 0. The third kappa shape index (κ3) is 3.25. The number of fused-ring (bicyclic) bond motifs is 1. The summed E-state index contributed by atoms with van der Waals surface area (Å²) in [6, 6.07) is 5.22. The summed E-state index contributed by atoms with van der Waals surface area (Å²) < 4.78 is 15.6. The zero-order chi connectivity index (χ0) is 16.4. The summed E-state index contributed by atoms with van der Waals surface area (Å²) in [5.41, 5.74) is 0.349. The van der Waals surface area contributed by atoms with E-state index in [1.807, 2.05) is 18.7 Å². The first kappa shape index (κ1) is 15.6. The van der Waals surface area contributed by atoms with Crippen LogP contribution in [-0.4, -0.2) is 42.3 Å². The molecule has 1 saturated heterocycles. The third-order valence-electron chi connectivity index (χ3n) is 4.42. The summed E-state index contributed by atoms with van der Waals surface area (Å²) in [7, 11) is 0. The normalized spacial score (nSPS) is 22.8. The molecule has 1 fully saturated rings. The van der Waals surface area contributed by atoms with Gasteiger partial charge in [-0.3, -0.25) is 4.79 Å². The largest absolute Gasteiger partial charge is 0.454 e. The molecule has 1 aromatic carbocycles. The van der Waals surface area contributed by atoms with Crippen molar-refractivity contribution < 1.29 is 23.8 Å². The molecule has 0 aromatic heterocycles. The van der Waals surface area contributed by atoms with E-state index in [0.29, 0.717) is 17.1 Å². The van der Waals surface area contributed by atoms with Crippen LogP contribution in [0.4, 0.5) is 0 Å². The number of ether oxygens (including phenoxy) is 3. The smallest absolute Gasteiger partial charge is 0.338 e. The van der Waals surface area contributed by atoms with Gasteiger partial charge in [-0.25, -0.2) is 4.79 Å². The molecule has 1 amide bonds. The van der Waals surface area contributed by atoms with E-state index in [1.54, 1.807) is 18.2 Å². The lowest BCUT2D eigenvalue weighted by molar-refractivity contribution is -0.140. The van der Waals surface area contributed by atoms with E-state index in [9.17, 15) is 9.59 Å². The highest BCUT2D eigenvalue weighted by atomic mass is 16.7. The van der Waals surface area contributed by atoms with E-state index in [0.717, 1.165) is 19.3 Å². The fourth-order valence-corrected chi connectivity index (χ4v) is 3.22. The lowest BCUT2D eigenvalue weighted by Gasteiger charge is -2.38. The van der Waals surface area contributed by atoms with Crippen LogP contribution in [0.1, 0.15) is 43.5 Å². The van der Waals surface area contributed by atoms with Crippen LogP contribution in [-0.2, 0) is 9.53 Å². The highest BCUT2D eigenvalue weighted by Crippen LogP contribution is 2.32. The second-order valence-electron chi connectivity index (χ2n) is 6.07. The van der Waals surface area contributed by atoms with Gasteiger partial charge in [0.1, 0.15) is 0 Å². The molecule has 2 atom stereocenters. The molecule has 0 radical (unpaired) electrons. The first-order chi connectivity index (χ1) is 11.1. The van der Waals surface area contributed by atoms with Gasteiger partial charge in [0.25, 0.3) is 5.91 Å². The first-order valence-corrected chi connectivity index (χ1v) is 7.94. The van der Waals surface area contributed by atoms with E-state index >= 15 is 0 Å². The number of hydrogen-bond acceptors (Lipinski definition) is 5. The van der Waals surface area contributed by atoms with Gasteiger partial charge in [-0.15, -0.1) is 0 Å². The van der Waals surface area contributed by atoms with E-state index in [-0.39, 0.29) is 31.4 Å². The van der Waals surface area contributed by atoms with Crippen molar-refractivity contribution in [3.63, 3.8) is 0 Å². The predicted molar refractivity (Wildman–Crippen MR) is 82.5 cm³/mol. The Balaban J connectivity index is 1.59. The maximum absolute atomic E-state index is 12.3. The summed E-state index contributed by atoms with van der Waals surface area (Å²) in [6.45, 7) is 3.99. The molecule has 3 rings (SSSR count). The van der Waals surface area contributed by atoms with Crippen molar-refractivity contribution in [2.75, 3.05) is 13.4 Å². The van der Waals surface area contributed by atoms with Crippen LogP contribution in [0.2, 0.25) is 0 Å². The zero-order valence-electron chi connectivity index (χ0n) is 13.4. The van der Waals surface area contributed by atoms with Crippen LogP contribution in [0, 0.1) is 0 Å². The molecule has 0 aliphatic carbocycles. The number of carbonyl (C=O) groups is 2. The monoisotopic (exact) mass is 319 g/mol. The van der Waals surface area contributed by atoms with Crippen LogP contribution in [0.5, 0.6) is 11.5 Å². The standard InChI is InChI=1S/C17H21NO5/c1-11-4-3-5-12(2)18(11)16(19)9-21-17(20)13-6-7-14-15(8-13)23-10-22-14/h6-8,11-12H,3-5,9-10H2,1-2H3/t11-,12+. The maximum Gasteiger partial charge on any atom is 0.338 e. The molecule has 2 aliphatic rings. The lowest BCUT2D eigenvalue weighted by Crippen LogP contribution is -2.49. The van der Waals surface area contributed by atoms with Crippen LogP contribution in [0.3, 0.4) is 0 Å². The Morgan fingerprint density at radius 1 is 1.17 bits per heavy atom. The van der Waals surface area contributed by atoms with Crippen molar-refractivity contribution in [1.82, 2.24) is 4.90 Å². The number of hydrogen-bond donors (Lipinski definition) is 0. The summed E-state index contributed by atoms with van der Waals surface area (Å²) in [5.74, 6) is 0.449. The SMILES string of the molecule is C[C@@H]1CCC[C@H](C)N1C(=O)COC(=O)c1ccc2c(c1)OCO2. The third-order valence-corrected chi connectivity index (χ3v) is 4.42. The molecule has 1 aromatic rings. The van der Waals surface area contributed by atoms with Gasteiger partial charge in [-0.05, 0) is 51.3 Å². The number of rotatable bonds is 3. The Bertz CT molecular complexity index is 605. The number of carbonyl (C=O) groups excluding carboxylic acids is 2. The number of piperidine rings is 1. The molecule has 0 spiro atoms. The second kappa shape index (κ2) is 6.48. The highest BCUT2D eigenvalue weighted by Gasteiger charge is 2.29. The number of benzene rings is 1. The molecule has 0 bridgehead atoms. The Morgan fingerprint density at radius 2 is 1.87 bits per heavy atom. The summed E-state index contributed by atoms with van der Waals surface area (Å²) in [4.78, 5) is 26.3. The zero-order valence-corrected chi connectivity index (χ0v) is 13.4. The van der Waals surface area contributed by atoms with Gasteiger partial charge in [0, 0.05) is 12.1 Å². The first-order valence-electron chi connectivity index (χ1n) is 7.94. The van der Waals surface area contributed by atoms with Gasteiger partial charge in [-0.1, -0.05) is 0 Å². The fourth-order valence-electron chi connectivity index (χ4n) is 3.22. The van der Waals surface area contributed by atoms with Crippen molar-refractivity contribution in [3.8, 4) is 11.5 Å². The minimum Gasteiger partial charge on any atom is -0.454 e. The Hall–Kier alpha value is -2.24. The van der Waals surface area contributed by atoms with E-state index in [1.165, 1.54) is 0 Å². The highest BCUT2D eigenvalue weighted by molar-refractivity contribution is 5.92. The molecule has 23 heavy (non-hydrogen) atoms. The van der Waals surface area contributed by atoms with Gasteiger partial charge in [0.2, 0.25) is 6.79 Å².